The van der Waals surface area contributed by atoms with Crippen molar-refractivity contribution in [3.05, 3.63) is 84.4 Å². The second-order valence-corrected chi connectivity index (χ2v) is 9.55. The van der Waals surface area contributed by atoms with E-state index in [2.05, 4.69) is 10.6 Å². The molecule has 0 spiro atoms. The number of amides is 1. The van der Waals surface area contributed by atoms with Crippen LogP contribution in [0, 0.1) is 0 Å². The van der Waals surface area contributed by atoms with Gasteiger partial charge in [-0.05, 0) is 74.1 Å². The number of rotatable bonds is 9. The minimum atomic E-state index is -3.73. The third-order valence-corrected chi connectivity index (χ3v) is 6.97. The molecule has 0 bridgehead atoms. The first kappa shape index (κ1) is 25.2. The quantitative estimate of drug-likeness (QED) is 0.412. The first-order valence-electron chi connectivity index (χ1n) is 10.9. The normalized spacial score (nSPS) is 10.9. The number of sulfonamides is 1. The number of nitrogens with one attached hydrogen (secondary N) is 2. The summed E-state index contributed by atoms with van der Waals surface area (Å²) in [6, 6.07) is 22.1. The standard InChI is InChI=1S/C25H27N3O4S2/c1-3-18-32-23-13-9-8-12-22(23)24(29)27-25(33)26-19-14-16-21(17-15-19)34(30,31)28(4-2)20-10-6-5-7-11-20/h5-17H,3-4,18H2,1-2H3,(H2,26,27,29,33). The summed E-state index contributed by atoms with van der Waals surface area (Å²) in [4.78, 5) is 12.8. The molecule has 9 heteroatoms. The number of benzene rings is 3. The molecule has 0 unspecified atom stereocenters. The van der Waals surface area contributed by atoms with Gasteiger partial charge in [-0.3, -0.25) is 14.4 Å². The number of anilines is 2. The Labute approximate surface area is 205 Å². The zero-order valence-corrected chi connectivity index (χ0v) is 20.7. The van der Waals surface area contributed by atoms with E-state index in [4.69, 9.17) is 17.0 Å². The van der Waals surface area contributed by atoms with E-state index in [9.17, 15) is 13.2 Å². The average molecular weight is 498 g/mol. The summed E-state index contributed by atoms with van der Waals surface area (Å²) in [6.45, 7) is 4.57. The fourth-order valence-electron chi connectivity index (χ4n) is 3.25. The number of carbonyl (C=O) groups is 1. The summed E-state index contributed by atoms with van der Waals surface area (Å²) in [5.41, 5.74) is 1.52. The van der Waals surface area contributed by atoms with Crippen LogP contribution >= 0.6 is 12.2 Å². The highest BCUT2D eigenvalue weighted by Crippen LogP contribution is 2.24. The first-order chi connectivity index (χ1) is 16.4. The highest BCUT2D eigenvalue weighted by atomic mass is 32.2. The van der Waals surface area contributed by atoms with Crippen LogP contribution in [-0.4, -0.2) is 32.6 Å². The van der Waals surface area contributed by atoms with Gasteiger partial charge in [0.05, 0.1) is 22.8 Å². The zero-order valence-electron chi connectivity index (χ0n) is 19.0. The van der Waals surface area contributed by atoms with Crippen LogP contribution in [0.5, 0.6) is 5.75 Å². The Kier molecular flexibility index (Phi) is 8.61. The monoisotopic (exact) mass is 497 g/mol. The SMILES string of the molecule is CCCOc1ccccc1C(=O)NC(=S)Nc1ccc(S(=O)(=O)N(CC)c2ccccc2)cc1. The smallest absolute Gasteiger partial charge is 0.264 e. The van der Waals surface area contributed by atoms with Crippen LogP contribution in [0.2, 0.25) is 0 Å². The third kappa shape index (κ3) is 6.12. The van der Waals surface area contributed by atoms with Gasteiger partial charge >= 0.3 is 0 Å². The van der Waals surface area contributed by atoms with Crippen molar-refractivity contribution >= 4 is 44.6 Å². The summed E-state index contributed by atoms with van der Waals surface area (Å²) < 4.78 is 33.2. The second kappa shape index (κ2) is 11.6. The molecule has 0 radical (unpaired) electrons. The molecule has 178 valence electrons. The highest BCUT2D eigenvalue weighted by molar-refractivity contribution is 7.92. The van der Waals surface area contributed by atoms with Crippen molar-refractivity contribution in [2.75, 3.05) is 22.8 Å². The Morgan fingerprint density at radius 2 is 1.59 bits per heavy atom. The molecule has 2 N–H and O–H groups in total. The Balaban J connectivity index is 1.68. The molecule has 0 aromatic heterocycles. The summed E-state index contributed by atoms with van der Waals surface area (Å²) in [7, 11) is -3.73. The first-order valence-corrected chi connectivity index (χ1v) is 12.7. The van der Waals surface area contributed by atoms with E-state index < -0.39 is 15.9 Å². The van der Waals surface area contributed by atoms with Gasteiger partial charge in [0.2, 0.25) is 0 Å². The minimum Gasteiger partial charge on any atom is -0.493 e. The summed E-state index contributed by atoms with van der Waals surface area (Å²) in [5.74, 6) is 0.0861. The van der Waals surface area contributed by atoms with Crippen molar-refractivity contribution in [3.63, 3.8) is 0 Å². The molecule has 0 aliphatic rings. The number of ether oxygens (including phenoxy) is 1. The van der Waals surface area contributed by atoms with Crippen LogP contribution in [0.3, 0.4) is 0 Å². The maximum atomic E-state index is 13.1. The lowest BCUT2D eigenvalue weighted by Crippen LogP contribution is -2.34. The molecular weight excluding hydrogens is 470 g/mol. The maximum absolute atomic E-state index is 13.1. The van der Waals surface area contributed by atoms with Crippen LogP contribution in [0.15, 0.2) is 83.8 Å². The van der Waals surface area contributed by atoms with Gasteiger partial charge in [0, 0.05) is 12.2 Å². The topological polar surface area (TPSA) is 87.7 Å². The fourth-order valence-corrected chi connectivity index (χ4v) is 4.93. The summed E-state index contributed by atoms with van der Waals surface area (Å²) in [5, 5.41) is 5.63. The van der Waals surface area contributed by atoms with E-state index in [1.54, 1.807) is 67.6 Å². The van der Waals surface area contributed by atoms with Crippen molar-refractivity contribution in [3.8, 4) is 5.75 Å². The maximum Gasteiger partial charge on any atom is 0.264 e. The van der Waals surface area contributed by atoms with Crippen LogP contribution in [0.1, 0.15) is 30.6 Å². The molecule has 3 aromatic carbocycles. The second-order valence-electron chi connectivity index (χ2n) is 7.28. The van der Waals surface area contributed by atoms with Crippen LogP contribution in [-0.2, 0) is 10.0 Å². The van der Waals surface area contributed by atoms with E-state index in [1.807, 2.05) is 13.0 Å². The third-order valence-electron chi connectivity index (χ3n) is 4.85. The van der Waals surface area contributed by atoms with Crippen molar-refractivity contribution in [1.29, 1.82) is 0 Å². The van der Waals surface area contributed by atoms with Gasteiger partial charge in [-0.25, -0.2) is 8.42 Å². The molecule has 1 amide bonds. The van der Waals surface area contributed by atoms with Gasteiger partial charge in [0.25, 0.3) is 15.9 Å². The van der Waals surface area contributed by atoms with Crippen molar-refractivity contribution < 1.29 is 17.9 Å². The Morgan fingerprint density at radius 3 is 2.24 bits per heavy atom. The van der Waals surface area contributed by atoms with Gasteiger partial charge in [-0.2, -0.15) is 0 Å². The number of para-hydroxylation sites is 2. The number of hydrogen-bond donors (Lipinski definition) is 2. The molecule has 0 aliphatic heterocycles. The van der Waals surface area contributed by atoms with Gasteiger partial charge in [0.15, 0.2) is 5.11 Å². The molecule has 0 atom stereocenters. The molecule has 0 heterocycles. The Bertz CT molecular complexity index is 1230. The van der Waals surface area contributed by atoms with E-state index in [0.29, 0.717) is 35.8 Å². The number of hydrogen-bond acceptors (Lipinski definition) is 5. The van der Waals surface area contributed by atoms with E-state index >= 15 is 0 Å². The average Bonchev–Trinajstić information content (AvgIpc) is 2.84. The predicted octanol–water partition coefficient (Wildman–Crippen LogP) is 4.82. The zero-order chi connectivity index (χ0) is 24.6. The number of thiocarbonyl (C=S) groups is 1. The molecule has 34 heavy (non-hydrogen) atoms. The minimum absolute atomic E-state index is 0.0883. The molecule has 7 nitrogen and oxygen atoms in total. The van der Waals surface area contributed by atoms with Crippen molar-refractivity contribution in [1.82, 2.24) is 5.32 Å². The molecular formula is C25H27N3O4S2. The summed E-state index contributed by atoms with van der Waals surface area (Å²) in [6.07, 6.45) is 0.822. The van der Waals surface area contributed by atoms with Gasteiger partial charge in [0.1, 0.15) is 5.75 Å². The van der Waals surface area contributed by atoms with Gasteiger partial charge < -0.3 is 10.1 Å². The lowest BCUT2D eigenvalue weighted by molar-refractivity contribution is 0.0973. The molecule has 3 rings (SSSR count). The Hall–Kier alpha value is -3.43. The molecule has 0 saturated carbocycles. The van der Waals surface area contributed by atoms with Crippen molar-refractivity contribution in [2.45, 2.75) is 25.2 Å². The number of carbonyl (C=O) groups excluding carboxylic acids is 1. The summed E-state index contributed by atoms with van der Waals surface area (Å²) >= 11 is 5.26. The molecule has 0 fully saturated rings. The van der Waals surface area contributed by atoms with E-state index in [-0.39, 0.29) is 10.0 Å². The molecule has 3 aromatic rings. The Morgan fingerprint density at radius 1 is 0.941 bits per heavy atom. The highest BCUT2D eigenvalue weighted by Gasteiger charge is 2.23. The van der Waals surface area contributed by atoms with E-state index in [0.717, 1.165) is 6.42 Å². The molecule has 0 saturated heterocycles. The van der Waals surface area contributed by atoms with E-state index in [1.165, 1.54) is 16.4 Å². The predicted molar refractivity (Wildman–Crippen MR) is 139 cm³/mol. The van der Waals surface area contributed by atoms with Crippen LogP contribution < -0.4 is 19.7 Å². The fraction of sp³-hybridized carbons (Fsp3) is 0.200. The van der Waals surface area contributed by atoms with Gasteiger partial charge in [-0.15, -0.1) is 0 Å². The molecule has 0 aliphatic carbocycles. The van der Waals surface area contributed by atoms with Crippen LogP contribution in [0.25, 0.3) is 0 Å². The van der Waals surface area contributed by atoms with Crippen molar-refractivity contribution in [2.24, 2.45) is 0 Å². The number of nitrogens with zero attached hydrogens (tertiary/aromatic N) is 1. The van der Waals surface area contributed by atoms with Gasteiger partial charge in [-0.1, -0.05) is 37.3 Å². The lowest BCUT2D eigenvalue weighted by Gasteiger charge is -2.23. The van der Waals surface area contributed by atoms with Crippen LogP contribution in [0.4, 0.5) is 11.4 Å². The lowest BCUT2D eigenvalue weighted by atomic mass is 10.2. The largest absolute Gasteiger partial charge is 0.493 e.